The first-order valence-corrected chi connectivity index (χ1v) is 8.59. The molecule has 1 aliphatic heterocycles. The molecule has 0 unspecified atom stereocenters. The van der Waals surface area contributed by atoms with E-state index in [-0.39, 0.29) is 6.09 Å². The number of methoxy groups -OCH3 is 1. The number of hydrogen-bond donors (Lipinski definition) is 1. The topological polar surface area (TPSA) is 66.4 Å². The Morgan fingerprint density at radius 2 is 1.92 bits per heavy atom. The molecule has 7 nitrogen and oxygen atoms in total. The molecule has 2 rings (SSSR count). The monoisotopic (exact) mass is 348 g/mol. The molecule has 0 radical (unpaired) electrons. The minimum atomic E-state index is -0.237. The molecule has 1 heterocycles. The van der Waals surface area contributed by atoms with Gasteiger partial charge in [-0.3, -0.25) is 4.99 Å². The number of amides is 1. The first-order valence-electron chi connectivity index (χ1n) is 8.59. The number of guanidine groups is 1. The summed E-state index contributed by atoms with van der Waals surface area (Å²) >= 11 is 0. The molecule has 0 aromatic heterocycles. The van der Waals surface area contributed by atoms with Gasteiger partial charge in [0.05, 0.1) is 13.7 Å². The van der Waals surface area contributed by atoms with Crippen LogP contribution in [0.25, 0.3) is 0 Å². The third kappa shape index (κ3) is 5.01. The van der Waals surface area contributed by atoms with Gasteiger partial charge >= 0.3 is 6.09 Å². The van der Waals surface area contributed by atoms with Gasteiger partial charge in [0.2, 0.25) is 0 Å². The summed E-state index contributed by atoms with van der Waals surface area (Å²) in [5.41, 5.74) is 2.28. The number of carbonyl (C=O) groups excluding carboxylic acids is 1. The van der Waals surface area contributed by atoms with Gasteiger partial charge in [0.25, 0.3) is 0 Å². The van der Waals surface area contributed by atoms with Crippen molar-refractivity contribution in [1.82, 2.24) is 15.1 Å². The SMILES string of the molecule is CCOC(=O)N1CCN(C(=NC)NCc2ccc(OC)c(C)c2)CC1. The molecule has 0 saturated carbocycles. The molecule has 1 aromatic rings. The standard InChI is InChI=1S/C18H28N4O3/c1-5-25-18(23)22-10-8-21(9-11-22)17(19-3)20-13-15-6-7-16(24-4)14(2)12-15/h6-7,12H,5,8-11,13H2,1-4H3,(H,19,20). The van der Waals surface area contributed by atoms with Crippen molar-refractivity contribution >= 4 is 12.1 Å². The summed E-state index contributed by atoms with van der Waals surface area (Å²) in [6, 6.07) is 6.13. The molecule has 25 heavy (non-hydrogen) atoms. The third-order valence-corrected chi connectivity index (χ3v) is 4.23. The van der Waals surface area contributed by atoms with Crippen LogP contribution in [0, 0.1) is 6.92 Å². The normalized spacial score (nSPS) is 15.1. The van der Waals surface area contributed by atoms with Crippen LogP contribution < -0.4 is 10.1 Å². The number of carbonyl (C=O) groups is 1. The Hall–Kier alpha value is -2.44. The van der Waals surface area contributed by atoms with Crippen LogP contribution in [0.4, 0.5) is 4.79 Å². The largest absolute Gasteiger partial charge is 0.496 e. The van der Waals surface area contributed by atoms with Gasteiger partial charge in [0.15, 0.2) is 5.96 Å². The Labute approximate surface area is 149 Å². The second-order valence-electron chi connectivity index (χ2n) is 5.88. The van der Waals surface area contributed by atoms with Crippen molar-refractivity contribution in [2.75, 3.05) is 46.9 Å². The van der Waals surface area contributed by atoms with Crippen LogP contribution in [0.2, 0.25) is 0 Å². The molecule has 1 aliphatic rings. The lowest BCUT2D eigenvalue weighted by Crippen LogP contribution is -2.53. The first-order chi connectivity index (χ1) is 12.1. The Balaban J connectivity index is 1.87. The van der Waals surface area contributed by atoms with Gasteiger partial charge in [-0.15, -0.1) is 0 Å². The predicted molar refractivity (Wildman–Crippen MR) is 98.1 cm³/mol. The number of aliphatic imine (C=N–C) groups is 1. The van der Waals surface area contributed by atoms with Crippen LogP contribution in [-0.2, 0) is 11.3 Å². The number of rotatable bonds is 4. The second-order valence-corrected chi connectivity index (χ2v) is 5.88. The van der Waals surface area contributed by atoms with Crippen molar-refractivity contribution in [3.05, 3.63) is 29.3 Å². The maximum absolute atomic E-state index is 11.8. The maximum atomic E-state index is 11.8. The summed E-state index contributed by atoms with van der Waals surface area (Å²) in [4.78, 5) is 20.0. The van der Waals surface area contributed by atoms with E-state index in [9.17, 15) is 4.79 Å². The molecule has 138 valence electrons. The summed E-state index contributed by atoms with van der Waals surface area (Å²) in [5.74, 6) is 1.74. The summed E-state index contributed by atoms with van der Waals surface area (Å²) in [7, 11) is 3.46. The average Bonchev–Trinajstić information content (AvgIpc) is 2.63. The Kier molecular flexibility index (Phi) is 6.91. The Bertz CT molecular complexity index is 610. The predicted octanol–water partition coefficient (Wildman–Crippen LogP) is 1.85. The van der Waals surface area contributed by atoms with E-state index in [1.165, 1.54) is 5.56 Å². The molecule has 0 aliphatic carbocycles. The van der Waals surface area contributed by atoms with Gasteiger partial charge in [0.1, 0.15) is 5.75 Å². The fourth-order valence-corrected chi connectivity index (χ4v) is 2.88. The maximum Gasteiger partial charge on any atom is 0.409 e. The van der Waals surface area contributed by atoms with E-state index in [2.05, 4.69) is 21.3 Å². The fourth-order valence-electron chi connectivity index (χ4n) is 2.88. The van der Waals surface area contributed by atoms with Crippen LogP contribution in [0.3, 0.4) is 0 Å². The number of nitrogens with zero attached hydrogens (tertiary/aromatic N) is 3. The van der Waals surface area contributed by atoms with Crippen molar-refractivity contribution < 1.29 is 14.3 Å². The molecule has 0 spiro atoms. The van der Waals surface area contributed by atoms with Gasteiger partial charge in [0, 0.05) is 39.8 Å². The van der Waals surface area contributed by atoms with Gasteiger partial charge in [-0.05, 0) is 31.0 Å². The van der Waals surface area contributed by atoms with E-state index in [0.717, 1.165) is 30.4 Å². The summed E-state index contributed by atoms with van der Waals surface area (Å²) < 4.78 is 10.3. The highest BCUT2D eigenvalue weighted by Crippen LogP contribution is 2.18. The summed E-state index contributed by atoms with van der Waals surface area (Å²) in [6.45, 7) is 7.70. The summed E-state index contributed by atoms with van der Waals surface area (Å²) in [6.07, 6.45) is -0.237. The van der Waals surface area contributed by atoms with Gasteiger partial charge in [-0.2, -0.15) is 0 Å². The first kappa shape index (κ1) is 18.9. The molecule has 0 bridgehead atoms. The lowest BCUT2D eigenvalue weighted by molar-refractivity contribution is 0.0914. The van der Waals surface area contributed by atoms with E-state index < -0.39 is 0 Å². The minimum Gasteiger partial charge on any atom is -0.496 e. The van der Waals surface area contributed by atoms with Gasteiger partial charge in [-0.1, -0.05) is 12.1 Å². The van der Waals surface area contributed by atoms with E-state index in [0.29, 0.717) is 26.2 Å². The van der Waals surface area contributed by atoms with Crippen molar-refractivity contribution in [3.8, 4) is 5.75 Å². The zero-order valence-corrected chi connectivity index (χ0v) is 15.5. The van der Waals surface area contributed by atoms with E-state index >= 15 is 0 Å². The van der Waals surface area contributed by atoms with Crippen LogP contribution in [-0.4, -0.2) is 68.8 Å². The van der Waals surface area contributed by atoms with Crippen molar-refractivity contribution in [3.63, 3.8) is 0 Å². The Morgan fingerprint density at radius 3 is 2.48 bits per heavy atom. The number of benzene rings is 1. The fraction of sp³-hybridized carbons (Fsp3) is 0.556. The molecule has 1 saturated heterocycles. The third-order valence-electron chi connectivity index (χ3n) is 4.23. The van der Waals surface area contributed by atoms with Gasteiger partial charge < -0.3 is 24.6 Å². The molecular weight excluding hydrogens is 320 g/mol. The second kappa shape index (κ2) is 9.15. The van der Waals surface area contributed by atoms with E-state index in [4.69, 9.17) is 9.47 Å². The molecule has 1 amide bonds. The number of ether oxygens (including phenoxy) is 2. The van der Waals surface area contributed by atoms with E-state index in [1.807, 2.05) is 26.0 Å². The highest BCUT2D eigenvalue weighted by Gasteiger charge is 2.23. The molecule has 1 fully saturated rings. The summed E-state index contributed by atoms with van der Waals surface area (Å²) in [5, 5.41) is 3.39. The smallest absolute Gasteiger partial charge is 0.409 e. The number of aryl methyl sites for hydroxylation is 1. The van der Waals surface area contributed by atoms with Crippen LogP contribution in [0.15, 0.2) is 23.2 Å². The van der Waals surface area contributed by atoms with Crippen molar-refractivity contribution in [1.29, 1.82) is 0 Å². The van der Waals surface area contributed by atoms with Crippen LogP contribution in [0.5, 0.6) is 5.75 Å². The minimum absolute atomic E-state index is 0.237. The molecule has 1 N–H and O–H groups in total. The van der Waals surface area contributed by atoms with Crippen molar-refractivity contribution in [2.24, 2.45) is 4.99 Å². The molecule has 1 aromatic carbocycles. The zero-order valence-electron chi connectivity index (χ0n) is 15.5. The highest BCUT2D eigenvalue weighted by molar-refractivity contribution is 5.80. The number of piperazine rings is 1. The zero-order chi connectivity index (χ0) is 18.2. The van der Waals surface area contributed by atoms with Crippen LogP contribution >= 0.6 is 0 Å². The molecule has 0 atom stereocenters. The number of hydrogen-bond acceptors (Lipinski definition) is 4. The quantitative estimate of drug-likeness (QED) is 0.664. The van der Waals surface area contributed by atoms with Crippen LogP contribution in [0.1, 0.15) is 18.1 Å². The average molecular weight is 348 g/mol. The molecule has 7 heteroatoms. The number of nitrogens with one attached hydrogen (secondary N) is 1. The van der Waals surface area contributed by atoms with Crippen molar-refractivity contribution in [2.45, 2.75) is 20.4 Å². The van der Waals surface area contributed by atoms with Gasteiger partial charge in [-0.25, -0.2) is 4.79 Å². The molecular formula is C18H28N4O3. The lowest BCUT2D eigenvalue weighted by atomic mass is 10.1. The Morgan fingerprint density at radius 1 is 1.24 bits per heavy atom. The highest BCUT2D eigenvalue weighted by atomic mass is 16.6. The lowest BCUT2D eigenvalue weighted by Gasteiger charge is -2.35. The van der Waals surface area contributed by atoms with E-state index in [1.54, 1.807) is 19.1 Å².